The molecule has 0 aromatic heterocycles. The zero-order valence-corrected chi connectivity index (χ0v) is 17.2. The maximum atomic E-state index is 13.2. The molecule has 1 aromatic carbocycles. The minimum atomic E-state index is -0.510. The number of aliphatic imine (C=N–C) groups is 1. The van der Waals surface area contributed by atoms with Crippen molar-refractivity contribution >= 4 is 18.0 Å². The van der Waals surface area contributed by atoms with Crippen LogP contribution in [-0.4, -0.2) is 60.8 Å². The van der Waals surface area contributed by atoms with Gasteiger partial charge in [-0.3, -0.25) is 14.6 Å². The Balaban J connectivity index is 1.67. The number of allylic oxidation sites excluding steroid dienone is 3. The molecule has 4 atom stereocenters. The normalized spacial score (nSPS) is 29.9. The molecule has 30 heavy (non-hydrogen) atoms. The van der Waals surface area contributed by atoms with Crippen LogP contribution in [0.5, 0.6) is 11.5 Å². The largest absolute Gasteiger partial charge is 0.454 e. The van der Waals surface area contributed by atoms with Gasteiger partial charge < -0.3 is 19.3 Å². The molecule has 4 heterocycles. The summed E-state index contributed by atoms with van der Waals surface area (Å²) < 4.78 is 11.2. The zero-order chi connectivity index (χ0) is 20.8. The molecule has 7 heteroatoms. The molecule has 0 N–H and O–H groups in total. The van der Waals surface area contributed by atoms with Gasteiger partial charge in [0.15, 0.2) is 11.5 Å². The third-order valence-electron chi connectivity index (χ3n) is 6.45. The van der Waals surface area contributed by atoms with Crippen molar-refractivity contribution in [3.63, 3.8) is 0 Å². The van der Waals surface area contributed by atoms with E-state index in [1.54, 1.807) is 11.9 Å². The van der Waals surface area contributed by atoms with Gasteiger partial charge in [0.25, 0.3) is 0 Å². The molecule has 1 fully saturated rings. The van der Waals surface area contributed by atoms with Crippen molar-refractivity contribution in [1.82, 2.24) is 9.80 Å². The summed E-state index contributed by atoms with van der Waals surface area (Å²) in [5.41, 5.74) is 2.05. The summed E-state index contributed by atoms with van der Waals surface area (Å²) in [5, 5.41) is 0. The third kappa shape index (κ3) is 3.00. The number of likely N-dealkylation sites (N-methyl/N-ethyl adjacent to an activating group) is 1. The molecule has 4 aliphatic heterocycles. The van der Waals surface area contributed by atoms with E-state index >= 15 is 0 Å². The second-order valence-electron chi connectivity index (χ2n) is 8.33. The Morgan fingerprint density at radius 1 is 1.13 bits per heavy atom. The minimum absolute atomic E-state index is 0.0206. The summed E-state index contributed by atoms with van der Waals surface area (Å²) in [6, 6.07) is 3.16. The average Bonchev–Trinajstić information content (AvgIpc) is 3.21. The first-order valence-electron chi connectivity index (χ1n) is 10.4. The van der Waals surface area contributed by atoms with Crippen LogP contribution in [0.15, 0.2) is 41.4 Å². The summed E-state index contributed by atoms with van der Waals surface area (Å²) in [4.78, 5) is 34.2. The summed E-state index contributed by atoms with van der Waals surface area (Å²) >= 11 is 0. The highest BCUT2D eigenvalue weighted by Gasteiger charge is 2.49. The molecule has 1 aromatic rings. The van der Waals surface area contributed by atoms with Crippen LogP contribution in [0.25, 0.3) is 0 Å². The van der Waals surface area contributed by atoms with Crippen LogP contribution in [0.4, 0.5) is 0 Å². The predicted octanol–water partition coefficient (Wildman–Crippen LogP) is 2.13. The van der Waals surface area contributed by atoms with Crippen LogP contribution in [0.3, 0.4) is 0 Å². The Morgan fingerprint density at radius 2 is 1.93 bits per heavy atom. The number of ether oxygens (including phenoxy) is 2. The van der Waals surface area contributed by atoms with E-state index in [0.717, 1.165) is 11.1 Å². The van der Waals surface area contributed by atoms with E-state index in [0.29, 0.717) is 24.5 Å². The molecule has 0 radical (unpaired) electrons. The van der Waals surface area contributed by atoms with Gasteiger partial charge in [0.05, 0.1) is 19.1 Å². The molecule has 7 nitrogen and oxygen atoms in total. The number of carbonyl (C=O) groups is 2. The summed E-state index contributed by atoms with van der Waals surface area (Å²) in [6.07, 6.45) is 10.6. The molecule has 5 rings (SSSR count). The number of fused-ring (bicyclic) bond motifs is 3. The van der Waals surface area contributed by atoms with Gasteiger partial charge in [-0.2, -0.15) is 0 Å². The van der Waals surface area contributed by atoms with Crippen molar-refractivity contribution in [2.75, 3.05) is 26.9 Å². The lowest BCUT2D eigenvalue weighted by atomic mass is 9.76. The Labute approximate surface area is 175 Å². The maximum Gasteiger partial charge on any atom is 0.245 e. The van der Waals surface area contributed by atoms with Gasteiger partial charge >= 0.3 is 0 Å². The lowest BCUT2D eigenvalue weighted by Crippen LogP contribution is -2.63. The predicted molar refractivity (Wildman–Crippen MR) is 112 cm³/mol. The number of amides is 2. The summed E-state index contributed by atoms with van der Waals surface area (Å²) in [5.74, 6) is 1.40. The van der Waals surface area contributed by atoms with Crippen LogP contribution in [0, 0.1) is 11.8 Å². The number of benzene rings is 1. The standard InChI is InChI=1S/C23H25N3O4/c1-14-6-4-3-5-7-24-11-17(14)22-16-10-20-19(29-13-30-20)9-15(16)8-18-23(28)25(2)12-21(27)26(18)22/h3-6,9-11,14,17-18,22H,7-8,12-13H2,1-2H3. The number of hydrogen-bond donors (Lipinski definition) is 0. The van der Waals surface area contributed by atoms with Crippen molar-refractivity contribution in [1.29, 1.82) is 0 Å². The smallest absolute Gasteiger partial charge is 0.245 e. The second-order valence-corrected chi connectivity index (χ2v) is 8.33. The van der Waals surface area contributed by atoms with E-state index in [1.165, 1.54) is 4.90 Å². The van der Waals surface area contributed by atoms with Gasteiger partial charge in [-0.15, -0.1) is 0 Å². The second kappa shape index (κ2) is 7.31. The molecule has 0 spiro atoms. The number of nitrogens with zero attached hydrogens (tertiary/aromatic N) is 3. The lowest BCUT2D eigenvalue weighted by Gasteiger charge is -2.49. The van der Waals surface area contributed by atoms with Crippen molar-refractivity contribution in [2.45, 2.75) is 25.4 Å². The van der Waals surface area contributed by atoms with Crippen molar-refractivity contribution in [2.24, 2.45) is 16.8 Å². The van der Waals surface area contributed by atoms with E-state index in [2.05, 4.69) is 18.0 Å². The fourth-order valence-corrected chi connectivity index (χ4v) is 4.90. The van der Waals surface area contributed by atoms with Crippen LogP contribution in [0.1, 0.15) is 24.1 Å². The Kier molecular flexibility index (Phi) is 4.60. The van der Waals surface area contributed by atoms with Crippen molar-refractivity contribution in [3.8, 4) is 11.5 Å². The van der Waals surface area contributed by atoms with E-state index in [1.807, 2.05) is 36.6 Å². The van der Waals surface area contributed by atoms with Gasteiger partial charge in [0.2, 0.25) is 18.6 Å². The number of hydrogen-bond acceptors (Lipinski definition) is 5. The molecule has 4 unspecified atom stereocenters. The highest BCUT2D eigenvalue weighted by atomic mass is 16.7. The number of rotatable bonds is 1. The molecule has 1 saturated heterocycles. The Hall–Kier alpha value is -3.09. The first-order valence-corrected chi connectivity index (χ1v) is 10.4. The highest BCUT2D eigenvalue weighted by Crippen LogP contribution is 2.46. The fourth-order valence-electron chi connectivity index (χ4n) is 4.90. The van der Waals surface area contributed by atoms with Crippen molar-refractivity contribution in [3.05, 3.63) is 47.6 Å². The molecule has 0 bridgehead atoms. The minimum Gasteiger partial charge on any atom is -0.454 e. The van der Waals surface area contributed by atoms with Crippen LogP contribution >= 0.6 is 0 Å². The molecule has 2 amide bonds. The Morgan fingerprint density at radius 3 is 2.77 bits per heavy atom. The van der Waals surface area contributed by atoms with E-state index in [4.69, 9.17) is 9.47 Å². The average molecular weight is 407 g/mol. The van der Waals surface area contributed by atoms with E-state index < -0.39 is 6.04 Å². The van der Waals surface area contributed by atoms with Crippen LogP contribution in [-0.2, 0) is 16.0 Å². The molecule has 0 saturated carbocycles. The first kappa shape index (κ1) is 18.9. The van der Waals surface area contributed by atoms with Gasteiger partial charge in [-0.05, 0) is 29.2 Å². The molecule has 4 aliphatic rings. The summed E-state index contributed by atoms with van der Waals surface area (Å²) in [6.45, 7) is 3.01. The van der Waals surface area contributed by atoms with Gasteiger partial charge in [-0.1, -0.05) is 31.2 Å². The highest BCUT2D eigenvalue weighted by molar-refractivity contribution is 5.96. The van der Waals surface area contributed by atoms with Gasteiger partial charge in [0.1, 0.15) is 6.04 Å². The fraction of sp³-hybridized carbons (Fsp3) is 0.435. The quantitative estimate of drug-likeness (QED) is 0.715. The van der Waals surface area contributed by atoms with E-state index in [-0.39, 0.29) is 43.0 Å². The van der Waals surface area contributed by atoms with Crippen molar-refractivity contribution < 1.29 is 19.1 Å². The molecule has 0 aliphatic carbocycles. The SMILES string of the molecule is CC1C=CC=CCN=CC1C1c2cc3c(cc2CC2C(=O)N(C)CC(=O)N21)OCO3. The van der Waals surface area contributed by atoms with Crippen LogP contribution in [0.2, 0.25) is 0 Å². The first-order chi connectivity index (χ1) is 14.5. The summed E-state index contributed by atoms with van der Waals surface area (Å²) in [7, 11) is 1.69. The van der Waals surface area contributed by atoms with Gasteiger partial charge in [-0.25, -0.2) is 0 Å². The number of carbonyl (C=O) groups excluding carboxylic acids is 2. The monoisotopic (exact) mass is 407 g/mol. The topological polar surface area (TPSA) is 71.4 Å². The Bertz CT molecular complexity index is 983. The third-order valence-corrected chi connectivity index (χ3v) is 6.45. The van der Waals surface area contributed by atoms with Gasteiger partial charge in [0, 0.05) is 25.6 Å². The molecule has 156 valence electrons. The number of piperazine rings is 1. The molecular formula is C23H25N3O4. The zero-order valence-electron chi connectivity index (χ0n) is 17.2. The lowest BCUT2D eigenvalue weighted by molar-refractivity contribution is -0.159. The van der Waals surface area contributed by atoms with E-state index in [9.17, 15) is 9.59 Å². The molecular weight excluding hydrogens is 382 g/mol. The maximum absolute atomic E-state index is 13.2. The van der Waals surface area contributed by atoms with Crippen LogP contribution < -0.4 is 9.47 Å².